The van der Waals surface area contributed by atoms with Gasteiger partial charge in [-0.1, -0.05) is 20.8 Å². The van der Waals surface area contributed by atoms with E-state index in [1.54, 1.807) is 6.20 Å². The molecule has 1 saturated heterocycles. The van der Waals surface area contributed by atoms with Crippen molar-refractivity contribution in [3.8, 4) is 0 Å². The molecule has 0 spiro atoms. The molecule has 1 unspecified atom stereocenters. The van der Waals surface area contributed by atoms with Crippen molar-refractivity contribution in [2.45, 2.75) is 51.6 Å². The van der Waals surface area contributed by atoms with E-state index in [9.17, 15) is 4.79 Å². The third-order valence-corrected chi connectivity index (χ3v) is 3.08. The zero-order valence-electron chi connectivity index (χ0n) is 11.7. The molecule has 1 amide bonds. The van der Waals surface area contributed by atoms with Crippen LogP contribution < -0.4 is 10.6 Å². The van der Waals surface area contributed by atoms with Crippen molar-refractivity contribution in [1.82, 2.24) is 15.6 Å². The molecule has 5 nitrogen and oxygen atoms in total. The first-order chi connectivity index (χ1) is 8.47. The summed E-state index contributed by atoms with van der Waals surface area (Å²) in [6.45, 7) is 7.48. The van der Waals surface area contributed by atoms with E-state index in [0.717, 1.165) is 25.1 Å². The van der Waals surface area contributed by atoms with Crippen LogP contribution in [-0.4, -0.2) is 23.5 Å². The van der Waals surface area contributed by atoms with Crippen molar-refractivity contribution in [2.75, 3.05) is 6.54 Å². The molecule has 1 atom stereocenters. The summed E-state index contributed by atoms with van der Waals surface area (Å²) in [7, 11) is 0. The van der Waals surface area contributed by atoms with E-state index in [2.05, 4.69) is 36.4 Å². The molecule has 1 aromatic heterocycles. The average Bonchev–Trinajstić information content (AvgIpc) is 2.96. The monoisotopic (exact) mass is 287 g/mol. The van der Waals surface area contributed by atoms with E-state index >= 15 is 0 Å². The van der Waals surface area contributed by atoms with E-state index in [1.807, 2.05) is 0 Å². The molecule has 2 N–H and O–H groups in total. The summed E-state index contributed by atoms with van der Waals surface area (Å²) in [4.78, 5) is 16.0. The van der Waals surface area contributed by atoms with Crippen LogP contribution in [0.4, 0.5) is 0 Å². The molecule has 0 aliphatic carbocycles. The van der Waals surface area contributed by atoms with Crippen LogP contribution in [0.3, 0.4) is 0 Å². The number of hydrogen-bond acceptors (Lipinski definition) is 4. The molecule has 1 aliphatic heterocycles. The Hall–Kier alpha value is -1.07. The summed E-state index contributed by atoms with van der Waals surface area (Å²) in [5.41, 5.74) is -0.0533. The number of rotatable bonds is 3. The first-order valence-corrected chi connectivity index (χ1v) is 6.43. The summed E-state index contributed by atoms with van der Waals surface area (Å²) in [6, 6.07) is -0.0537. The maximum absolute atomic E-state index is 11.8. The summed E-state index contributed by atoms with van der Waals surface area (Å²) in [5.74, 6) is 1.43. The second-order valence-corrected chi connectivity index (χ2v) is 5.73. The van der Waals surface area contributed by atoms with E-state index in [-0.39, 0.29) is 29.8 Å². The normalized spacial score (nSPS) is 19.0. The van der Waals surface area contributed by atoms with Crippen molar-refractivity contribution in [3.05, 3.63) is 17.8 Å². The van der Waals surface area contributed by atoms with Crippen molar-refractivity contribution in [3.63, 3.8) is 0 Å². The van der Waals surface area contributed by atoms with Crippen LogP contribution in [0.1, 0.15) is 45.3 Å². The Morgan fingerprint density at radius 2 is 2.32 bits per heavy atom. The first kappa shape index (κ1) is 16.0. The number of nitrogens with zero attached hydrogens (tertiary/aromatic N) is 1. The van der Waals surface area contributed by atoms with E-state index < -0.39 is 0 Å². The lowest BCUT2D eigenvalue weighted by Crippen LogP contribution is -2.40. The summed E-state index contributed by atoms with van der Waals surface area (Å²) in [6.07, 6.45) is 3.70. The molecule has 0 saturated carbocycles. The number of amides is 1. The zero-order chi connectivity index (χ0) is 13.2. The van der Waals surface area contributed by atoms with Gasteiger partial charge in [0.15, 0.2) is 0 Å². The van der Waals surface area contributed by atoms with Gasteiger partial charge in [0.25, 0.3) is 0 Å². The fraction of sp³-hybridized carbons (Fsp3) is 0.692. The number of aromatic nitrogens is 1. The lowest BCUT2D eigenvalue weighted by atomic mass is 9.94. The van der Waals surface area contributed by atoms with Crippen molar-refractivity contribution < 1.29 is 9.21 Å². The molecule has 0 radical (unpaired) electrons. The molecule has 1 fully saturated rings. The van der Waals surface area contributed by atoms with Crippen LogP contribution in [0.15, 0.2) is 10.6 Å². The van der Waals surface area contributed by atoms with Gasteiger partial charge in [-0.05, 0) is 19.4 Å². The fourth-order valence-corrected chi connectivity index (χ4v) is 1.93. The molecular weight excluding hydrogens is 266 g/mol. The van der Waals surface area contributed by atoms with Crippen LogP contribution in [-0.2, 0) is 16.8 Å². The quantitative estimate of drug-likeness (QED) is 0.889. The Kier molecular flexibility index (Phi) is 5.38. The van der Waals surface area contributed by atoms with E-state index in [1.165, 1.54) is 0 Å². The topological polar surface area (TPSA) is 67.2 Å². The number of nitrogens with one attached hydrogen (secondary N) is 2. The minimum absolute atomic E-state index is 0. The van der Waals surface area contributed by atoms with Gasteiger partial charge < -0.3 is 15.1 Å². The highest BCUT2D eigenvalue weighted by molar-refractivity contribution is 5.85. The van der Waals surface area contributed by atoms with Gasteiger partial charge in [-0.25, -0.2) is 4.98 Å². The first-order valence-electron chi connectivity index (χ1n) is 6.43. The Morgan fingerprint density at radius 1 is 1.58 bits per heavy atom. The number of halogens is 1. The Balaban J connectivity index is 0.00000180. The van der Waals surface area contributed by atoms with E-state index in [4.69, 9.17) is 4.42 Å². The van der Waals surface area contributed by atoms with Crippen LogP contribution in [0.2, 0.25) is 0 Å². The predicted octanol–water partition coefficient (Wildman–Crippen LogP) is 1.76. The Bertz CT molecular complexity index is 420. The maximum atomic E-state index is 11.8. The number of carbonyl (C=O) groups is 1. The Morgan fingerprint density at radius 3 is 2.84 bits per heavy atom. The third-order valence-electron chi connectivity index (χ3n) is 3.08. The number of hydrogen-bond donors (Lipinski definition) is 2. The molecule has 0 aromatic carbocycles. The molecule has 2 rings (SSSR count). The lowest BCUT2D eigenvalue weighted by molar-refractivity contribution is -0.123. The van der Waals surface area contributed by atoms with Crippen LogP contribution >= 0.6 is 12.4 Å². The second kappa shape index (κ2) is 6.39. The molecule has 1 aromatic rings. The third kappa shape index (κ3) is 4.21. The van der Waals surface area contributed by atoms with Crippen LogP contribution in [0.5, 0.6) is 0 Å². The number of carbonyl (C=O) groups excluding carboxylic acids is 1. The Labute approximate surface area is 120 Å². The molecular formula is C13H22ClN3O2. The molecule has 2 heterocycles. The van der Waals surface area contributed by atoms with Gasteiger partial charge in [0.1, 0.15) is 5.76 Å². The molecule has 1 aliphatic rings. The van der Waals surface area contributed by atoms with Crippen molar-refractivity contribution >= 4 is 18.3 Å². The van der Waals surface area contributed by atoms with Gasteiger partial charge in [0.2, 0.25) is 11.8 Å². The van der Waals surface area contributed by atoms with Gasteiger partial charge in [-0.15, -0.1) is 12.4 Å². The standard InChI is InChI=1S/C13H21N3O2.ClH/c1-13(2,3)10-7-15-11(18-10)8-16-12(17)9-5-4-6-14-9;/h7,9,14H,4-6,8H2,1-3H3,(H,16,17);1H. The second-order valence-electron chi connectivity index (χ2n) is 5.73. The van der Waals surface area contributed by atoms with Gasteiger partial charge in [0.05, 0.1) is 18.8 Å². The van der Waals surface area contributed by atoms with Crippen molar-refractivity contribution in [2.24, 2.45) is 0 Å². The zero-order valence-corrected chi connectivity index (χ0v) is 12.5. The molecule has 0 bridgehead atoms. The summed E-state index contributed by atoms with van der Waals surface area (Å²) < 4.78 is 5.61. The highest BCUT2D eigenvalue weighted by atomic mass is 35.5. The molecule has 19 heavy (non-hydrogen) atoms. The maximum Gasteiger partial charge on any atom is 0.237 e. The highest BCUT2D eigenvalue weighted by Gasteiger charge is 2.23. The van der Waals surface area contributed by atoms with Gasteiger partial charge in [-0.3, -0.25) is 4.79 Å². The van der Waals surface area contributed by atoms with Gasteiger partial charge in [0, 0.05) is 5.41 Å². The van der Waals surface area contributed by atoms with Crippen LogP contribution in [0, 0.1) is 0 Å². The largest absolute Gasteiger partial charge is 0.443 e. The fourth-order valence-electron chi connectivity index (χ4n) is 1.93. The molecule has 6 heteroatoms. The predicted molar refractivity (Wildman–Crippen MR) is 75.3 cm³/mol. The van der Waals surface area contributed by atoms with Gasteiger partial charge >= 0.3 is 0 Å². The minimum Gasteiger partial charge on any atom is -0.443 e. The summed E-state index contributed by atoms with van der Waals surface area (Å²) >= 11 is 0. The molecule has 108 valence electrons. The minimum atomic E-state index is -0.0537. The lowest BCUT2D eigenvalue weighted by Gasteiger charge is -2.13. The van der Waals surface area contributed by atoms with E-state index in [0.29, 0.717) is 12.4 Å². The van der Waals surface area contributed by atoms with Crippen LogP contribution in [0.25, 0.3) is 0 Å². The SMILES string of the molecule is CC(C)(C)c1cnc(CNC(=O)C2CCCN2)o1.Cl. The average molecular weight is 288 g/mol. The summed E-state index contributed by atoms with van der Waals surface area (Å²) in [5, 5.41) is 6.01. The van der Waals surface area contributed by atoms with Crippen molar-refractivity contribution in [1.29, 1.82) is 0 Å². The van der Waals surface area contributed by atoms with Gasteiger partial charge in [-0.2, -0.15) is 0 Å². The number of oxazole rings is 1. The highest BCUT2D eigenvalue weighted by Crippen LogP contribution is 2.22. The smallest absolute Gasteiger partial charge is 0.237 e.